The fourth-order valence-corrected chi connectivity index (χ4v) is 3.69. The third-order valence-electron chi connectivity index (χ3n) is 5.26. The largest absolute Gasteiger partial charge is 0.394 e. The van der Waals surface area contributed by atoms with E-state index in [0.717, 1.165) is 17.0 Å². The predicted molar refractivity (Wildman–Crippen MR) is 103 cm³/mol. The van der Waals surface area contributed by atoms with Crippen LogP contribution >= 0.6 is 0 Å². The minimum atomic E-state index is -0.734. The summed E-state index contributed by atoms with van der Waals surface area (Å²) in [5.41, 5.74) is 7.03. The monoisotopic (exact) mass is 353 g/mol. The molecule has 2 N–H and O–H groups in total. The first-order chi connectivity index (χ1) is 12.6. The molecule has 2 aromatic carbocycles. The molecule has 2 aromatic rings. The molecule has 0 unspecified atom stereocenters. The third kappa shape index (κ3) is 4.43. The highest BCUT2D eigenvalue weighted by Crippen LogP contribution is 2.31. The highest BCUT2D eigenvalue weighted by atomic mass is 19.1. The van der Waals surface area contributed by atoms with Gasteiger partial charge in [0.2, 0.25) is 0 Å². The van der Waals surface area contributed by atoms with Crippen LogP contribution in [-0.4, -0.2) is 0 Å². The van der Waals surface area contributed by atoms with Crippen LogP contribution in [0, 0.1) is 35.3 Å². The Balaban J connectivity index is 1.66. The standard InChI is InChI=1S/C23H25F2N/c1-2-3-16-4-6-17(7-5-16)8-9-18-10-12-19(13-11-18)20-14-21(24)23(26)22(25)15-20/h10-17H,2-7,26H2,1H3. The van der Waals surface area contributed by atoms with E-state index in [1.807, 2.05) is 24.3 Å². The number of halogens is 2. The van der Waals surface area contributed by atoms with Crippen LogP contribution in [0.15, 0.2) is 36.4 Å². The Bertz CT molecular complexity index is 783. The van der Waals surface area contributed by atoms with Gasteiger partial charge < -0.3 is 5.73 Å². The van der Waals surface area contributed by atoms with Crippen molar-refractivity contribution in [1.29, 1.82) is 0 Å². The lowest BCUT2D eigenvalue weighted by molar-refractivity contribution is 0.300. The van der Waals surface area contributed by atoms with Crippen LogP contribution in [0.1, 0.15) is 51.0 Å². The van der Waals surface area contributed by atoms with E-state index in [2.05, 4.69) is 18.8 Å². The van der Waals surface area contributed by atoms with Crippen molar-refractivity contribution >= 4 is 5.69 Å². The number of anilines is 1. The van der Waals surface area contributed by atoms with Gasteiger partial charge in [-0.15, -0.1) is 0 Å². The number of nitrogen functional groups attached to an aromatic ring is 1. The number of hydrogen-bond donors (Lipinski definition) is 1. The SMILES string of the molecule is CCCC1CCC(C#Cc2ccc(-c3cc(F)c(N)c(F)c3)cc2)CC1. The van der Waals surface area contributed by atoms with Crippen molar-refractivity contribution < 1.29 is 8.78 Å². The number of rotatable bonds is 3. The summed E-state index contributed by atoms with van der Waals surface area (Å²) in [6, 6.07) is 10.00. The highest BCUT2D eigenvalue weighted by molar-refractivity contribution is 5.67. The van der Waals surface area contributed by atoms with Gasteiger partial charge in [-0.2, -0.15) is 0 Å². The second-order valence-corrected chi connectivity index (χ2v) is 7.21. The van der Waals surface area contributed by atoms with Gasteiger partial charge in [-0.25, -0.2) is 8.78 Å². The fourth-order valence-electron chi connectivity index (χ4n) is 3.69. The van der Waals surface area contributed by atoms with E-state index in [-0.39, 0.29) is 0 Å². The maximum absolute atomic E-state index is 13.6. The summed E-state index contributed by atoms with van der Waals surface area (Å²) in [7, 11) is 0. The summed E-state index contributed by atoms with van der Waals surface area (Å²) in [6.07, 6.45) is 7.59. The lowest BCUT2D eigenvalue weighted by Gasteiger charge is -2.25. The molecule has 3 heteroatoms. The Labute approximate surface area is 154 Å². The van der Waals surface area contributed by atoms with Crippen molar-refractivity contribution in [2.24, 2.45) is 11.8 Å². The first-order valence-electron chi connectivity index (χ1n) is 9.43. The van der Waals surface area contributed by atoms with Crippen LogP contribution in [0.3, 0.4) is 0 Å². The molecule has 0 amide bonds. The second kappa shape index (κ2) is 8.36. The molecule has 26 heavy (non-hydrogen) atoms. The zero-order chi connectivity index (χ0) is 18.5. The van der Waals surface area contributed by atoms with Crippen molar-refractivity contribution in [3.05, 3.63) is 53.6 Å². The van der Waals surface area contributed by atoms with Crippen molar-refractivity contribution in [3.8, 4) is 23.0 Å². The summed E-state index contributed by atoms with van der Waals surface area (Å²) < 4.78 is 27.2. The molecule has 0 heterocycles. The molecule has 0 saturated heterocycles. The predicted octanol–water partition coefficient (Wildman–Crippen LogP) is 6.17. The van der Waals surface area contributed by atoms with Gasteiger partial charge in [0.15, 0.2) is 0 Å². The second-order valence-electron chi connectivity index (χ2n) is 7.21. The molecule has 0 atom stereocenters. The maximum Gasteiger partial charge on any atom is 0.149 e. The normalized spacial score (nSPS) is 19.7. The van der Waals surface area contributed by atoms with Crippen LogP contribution < -0.4 is 5.73 Å². The van der Waals surface area contributed by atoms with E-state index >= 15 is 0 Å². The molecule has 0 aromatic heterocycles. The van der Waals surface area contributed by atoms with Crippen molar-refractivity contribution in [1.82, 2.24) is 0 Å². The summed E-state index contributed by atoms with van der Waals surface area (Å²) in [4.78, 5) is 0. The molecule has 0 aliphatic heterocycles. The van der Waals surface area contributed by atoms with Crippen LogP contribution in [0.25, 0.3) is 11.1 Å². The smallest absolute Gasteiger partial charge is 0.149 e. The minimum absolute atomic E-state index is 0.440. The van der Waals surface area contributed by atoms with E-state index in [9.17, 15) is 8.78 Å². The van der Waals surface area contributed by atoms with Gasteiger partial charge in [0.1, 0.15) is 17.3 Å². The van der Waals surface area contributed by atoms with E-state index in [0.29, 0.717) is 11.5 Å². The first-order valence-corrected chi connectivity index (χ1v) is 9.43. The zero-order valence-electron chi connectivity index (χ0n) is 15.2. The molecule has 1 fully saturated rings. The van der Waals surface area contributed by atoms with Crippen molar-refractivity contribution in [2.45, 2.75) is 45.4 Å². The zero-order valence-corrected chi connectivity index (χ0v) is 15.2. The van der Waals surface area contributed by atoms with Crippen LogP contribution in [0.4, 0.5) is 14.5 Å². The van der Waals surface area contributed by atoms with E-state index in [4.69, 9.17) is 5.73 Å². The molecule has 0 bridgehead atoms. The Morgan fingerprint density at radius 3 is 2.15 bits per heavy atom. The van der Waals surface area contributed by atoms with Gasteiger partial charge >= 0.3 is 0 Å². The molecule has 0 radical (unpaired) electrons. The van der Waals surface area contributed by atoms with Crippen LogP contribution in [-0.2, 0) is 0 Å². The summed E-state index contributed by atoms with van der Waals surface area (Å²) >= 11 is 0. The lowest BCUT2D eigenvalue weighted by atomic mass is 9.80. The number of benzene rings is 2. The molecule has 0 spiro atoms. The van der Waals surface area contributed by atoms with Gasteiger partial charge in [-0.05, 0) is 67.0 Å². The van der Waals surface area contributed by atoms with Crippen molar-refractivity contribution in [2.75, 3.05) is 5.73 Å². The molecule has 1 aliphatic rings. The van der Waals surface area contributed by atoms with Gasteiger partial charge in [-0.3, -0.25) is 0 Å². The average molecular weight is 353 g/mol. The number of nitrogens with two attached hydrogens (primary N) is 1. The first kappa shape index (κ1) is 18.5. The lowest BCUT2D eigenvalue weighted by Crippen LogP contribution is -2.13. The molecule has 1 aliphatic carbocycles. The molecule has 3 rings (SSSR count). The van der Waals surface area contributed by atoms with Crippen LogP contribution in [0.5, 0.6) is 0 Å². The van der Waals surface area contributed by atoms with Gasteiger partial charge in [0.25, 0.3) is 0 Å². The molecule has 1 saturated carbocycles. The Morgan fingerprint density at radius 2 is 1.58 bits per heavy atom. The van der Waals surface area contributed by atoms with Gasteiger partial charge in [0, 0.05) is 11.5 Å². The molecular formula is C23H25F2N. The van der Waals surface area contributed by atoms with Crippen molar-refractivity contribution in [3.63, 3.8) is 0 Å². The maximum atomic E-state index is 13.6. The Kier molecular flexibility index (Phi) is 5.93. The quantitative estimate of drug-likeness (QED) is 0.518. The Morgan fingerprint density at radius 1 is 0.962 bits per heavy atom. The summed E-state index contributed by atoms with van der Waals surface area (Å²) in [5, 5.41) is 0. The summed E-state index contributed by atoms with van der Waals surface area (Å²) in [6.45, 7) is 2.25. The van der Waals surface area contributed by atoms with E-state index in [1.54, 1.807) is 0 Å². The topological polar surface area (TPSA) is 26.0 Å². The number of hydrogen-bond acceptors (Lipinski definition) is 1. The minimum Gasteiger partial charge on any atom is -0.394 e. The van der Waals surface area contributed by atoms with Crippen LogP contribution in [0.2, 0.25) is 0 Å². The Hall–Kier alpha value is -2.34. The average Bonchev–Trinajstić information content (AvgIpc) is 2.66. The highest BCUT2D eigenvalue weighted by Gasteiger charge is 2.18. The molecule has 136 valence electrons. The third-order valence-corrected chi connectivity index (χ3v) is 5.26. The van der Waals surface area contributed by atoms with Gasteiger partial charge in [0.05, 0.1) is 0 Å². The fraction of sp³-hybridized carbons (Fsp3) is 0.391. The van der Waals surface area contributed by atoms with Gasteiger partial charge in [-0.1, -0.05) is 43.7 Å². The van der Waals surface area contributed by atoms with E-state index < -0.39 is 17.3 Å². The molecular weight excluding hydrogens is 328 g/mol. The van der Waals surface area contributed by atoms with E-state index in [1.165, 1.54) is 50.7 Å². The summed E-state index contributed by atoms with van der Waals surface area (Å²) in [5.74, 6) is 6.56. The molecule has 1 nitrogen and oxygen atoms in total.